The number of benzene rings is 1. The van der Waals surface area contributed by atoms with E-state index in [4.69, 9.17) is 0 Å². The third-order valence-corrected chi connectivity index (χ3v) is 79.5. The summed E-state index contributed by atoms with van der Waals surface area (Å²) in [6, 6.07) is 11.1. The number of hydrogen-bond donors (Lipinski definition) is 0. The molecule has 0 radical (unpaired) electrons. The summed E-state index contributed by atoms with van der Waals surface area (Å²) in [5, 5.41) is 0. The van der Waals surface area contributed by atoms with Crippen molar-refractivity contribution in [2.45, 2.75) is 78.3 Å². The van der Waals surface area contributed by atoms with Gasteiger partial charge in [-0.25, -0.2) is 0 Å². The topological polar surface area (TPSA) is 0 Å². The molecule has 1 rings (SSSR count). The third-order valence-electron chi connectivity index (χ3n) is 5.74. The lowest BCUT2D eigenvalue weighted by Gasteiger charge is -2.57. The molecule has 0 saturated carbocycles. The van der Waals surface area contributed by atoms with Crippen molar-refractivity contribution < 1.29 is 0 Å². The van der Waals surface area contributed by atoms with E-state index in [0.29, 0.717) is 0 Å². The van der Waals surface area contributed by atoms with Crippen LogP contribution in [0.1, 0.15) is 18.1 Å². The molecule has 126 valence electrons. The van der Waals surface area contributed by atoms with Crippen LogP contribution in [-0.2, 0) is 12.5 Å². The molecule has 1 aromatic rings. The van der Waals surface area contributed by atoms with Gasteiger partial charge in [-0.2, -0.15) is 0 Å². The summed E-state index contributed by atoms with van der Waals surface area (Å²) in [5.41, 5.74) is 3.11. The van der Waals surface area contributed by atoms with Crippen molar-refractivity contribution in [2.24, 2.45) is 0 Å². The van der Waals surface area contributed by atoms with Gasteiger partial charge in [0.25, 0.3) is 0 Å². The van der Waals surface area contributed by atoms with Crippen molar-refractivity contribution in [2.75, 3.05) is 0 Å². The molecule has 0 nitrogen and oxygen atoms in total. The zero-order valence-corrected chi connectivity index (χ0v) is 20.7. The molecule has 0 unspecified atom stereocenters. The summed E-state index contributed by atoms with van der Waals surface area (Å²) in [6.07, 6.45) is 1.15. The molecular formula is C18H38Si4. The van der Waals surface area contributed by atoms with Gasteiger partial charge in [0.15, 0.2) is 0 Å². The smallest absolute Gasteiger partial charge is 0.0420 e. The Balaban J connectivity index is 3.43. The fourth-order valence-corrected chi connectivity index (χ4v) is 102. The zero-order chi connectivity index (χ0) is 17.4. The van der Waals surface area contributed by atoms with Crippen LogP contribution in [0.25, 0.3) is 0 Å². The number of rotatable bonds is 6. The highest BCUT2D eigenvalue weighted by Crippen LogP contribution is 2.39. The van der Waals surface area contributed by atoms with Gasteiger partial charge in [0.05, 0.1) is 0 Å². The predicted octanol–water partition coefficient (Wildman–Crippen LogP) is 6.03. The second-order valence-corrected chi connectivity index (χ2v) is 51.3. The Hall–Kier alpha value is 0.0875. The van der Waals surface area contributed by atoms with Gasteiger partial charge in [-0.15, -0.1) is 0 Å². The molecule has 0 heterocycles. The Labute approximate surface area is 143 Å². The maximum Gasteiger partial charge on any atom is 0.0420 e. The average molecular weight is 367 g/mol. The highest BCUT2D eigenvalue weighted by atomic mass is 29.9. The first-order chi connectivity index (χ1) is 9.76. The Bertz CT molecular complexity index is 448. The highest BCUT2D eigenvalue weighted by Gasteiger charge is 2.60. The van der Waals surface area contributed by atoms with E-state index in [0.717, 1.165) is 6.42 Å². The average Bonchev–Trinajstić information content (AvgIpc) is 2.32. The van der Waals surface area contributed by atoms with E-state index in [1.54, 1.807) is 5.56 Å². The van der Waals surface area contributed by atoms with E-state index in [1.165, 1.54) is 11.6 Å². The van der Waals surface area contributed by atoms with Gasteiger partial charge in [0.2, 0.25) is 0 Å². The van der Waals surface area contributed by atoms with Crippen molar-refractivity contribution in [1.82, 2.24) is 0 Å². The minimum atomic E-state index is -1.25. The summed E-state index contributed by atoms with van der Waals surface area (Å²) in [7, 11) is -3.45. The molecule has 0 aliphatic rings. The van der Waals surface area contributed by atoms with Crippen LogP contribution in [0.5, 0.6) is 0 Å². The van der Waals surface area contributed by atoms with Crippen molar-refractivity contribution in [3.8, 4) is 0 Å². The van der Waals surface area contributed by atoms with Gasteiger partial charge < -0.3 is 0 Å². The number of hydrogen-bond acceptors (Lipinski definition) is 0. The van der Waals surface area contributed by atoms with E-state index in [-0.39, 0.29) is 0 Å². The van der Waals surface area contributed by atoms with Crippen LogP contribution in [0, 0.1) is 0 Å². The van der Waals surface area contributed by atoms with Crippen LogP contribution in [0.4, 0.5) is 0 Å². The maximum absolute atomic E-state index is 2.69. The van der Waals surface area contributed by atoms with E-state index in [2.05, 4.69) is 90.1 Å². The first-order valence-electron chi connectivity index (χ1n) is 8.84. The maximum atomic E-state index is 2.69. The van der Waals surface area contributed by atoms with Crippen molar-refractivity contribution >= 4 is 29.4 Å². The van der Waals surface area contributed by atoms with Crippen LogP contribution in [0.15, 0.2) is 24.3 Å². The molecule has 0 aliphatic carbocycles. The fourth-order valence-electron chi connectivity index (χ4n) is 5.37. The molecule has 22 heavy (non-hydrogen) atoms. The molecular weight excluding hydrogens is 329 g/mol. The van der Waals surface area contributed by atoms with Crippen LogP contribution >= 0.6 is 0 Å². The lowest BCUT2D eigenvalue weighted by Crippen LogP contribution is -2.84. The van der Waals surface area contributed by atoms with Gasteiger partial charge >= 0.3 is 0 Å². The molecule has 0 bridgehead atoms. The molecule has 1 aromatic carbocycles. The second kappa shape index (κ2) is 6.53. The predicted molar refractivity (Wildman–Crippen MR) is 115 cm³/mol. The van der Waals surface area contributed by atoms with Crippen LogP contribution in [0.2, 0.25) is 58.9 Å². The SMILES string of the molecule is CCc1ccc(C[Si]([Si](C)(C)C)([Si](C)(C)C)[Si](C)(C)C)cc1. The zero-order valence-electron chi connectivity index (χ0n) is 16.7. The van der Waals surface area contributed by atoms with Crippen molar-refractivity contribution in [3.63, 3.8) is 0 Å². The quantitative estimate of drug-likeness (QED) is 0.539. The highest BCUT2D eigenvalue weighted by molar-refractivity contribution is 7.89. The summed E-state index contributed by atoms with van der Waals surface area (Å²) < 4.78 is 0. The third kappa shape index (κ3) is 3.77. The monoisotopic (exact) mass is 366 g/mol. The normalized spacial score (nSPS) is 14.3. The van der Waals surface area contributed by atoms with Crippen LogP contribution in [0.3, 0.4) is 0 Å². The second-order valence-electron chi connectivity index (χ2n) is 10.0. The fraction of sp³-hybridized carbons (Fsp3) is 0.667. The van der Waals surface area contributed by atoms with Crippen molar-refractivity contribution in [3.05, 3.63) is 35.4 Å². The van der Waals surface area contributed by atoms with Crippen LogP contribution in [-0.4, -0.2) is 29.4 Å². The first kappa shape index (κ1) is 20.1. The minimum absolute atomic E-state index is 1.15. The Morgan fingerprint density at radius 2 is 0.909 bits per heavy atom. The van der Waals surface area contributed by atoms with E-state index in [1.807, 2.05) is 0 Å². The molecule has 0 fully saturated rings. The molecule has 0 spiro atoms. The lowest BCUT2D eigenvalue weighted by molar-refractivity contribution is 1.13. The molecule has 4 heteroatoms. The molecule has 0 amide bonds. The van der Waals surface area contributed by atoms with E-state index < -0.39 is 29.4 Å². The Kier molecular flexibility index (Phi) is 5.98. The van der Waals surface area contributed by atoms with E-state index >= 15 is 0 Å². The molecule has 0 aromatic heterocycles. The number of aryl methyl sites for hydroxylation is 1. The largest absolute Gasteiger partial charge is 0.0718 e. The van der Waals surface area contributed by atoms with Gasteiger partial charge in [-0.1, -0.05) is 95.7 Å². The standard InChI is InChI=1S/C18H38Si4/c1-11-17-12-14-18(15-13-17)16-22(19(2,3)4,20(5,6)7)21(8,9)10/h12-15H,11,16H2,1-10H3. The van der Waals surface area contributed by atoms with Gasteiger partial charge in [-0.05, 0) is 18.0 Å². The molecule has 0 aliphatic heterocycles. The minimum Gasteiger partial charge on any atom is -0.0718 e. The van der Waals surface area contributed by atoms with Gasteiger partial charge in [-0.3, -0.25) is 0 Å². The molecule has 0 saturated heterocycles. The summed E-state index contributed by atoms with van der Waals surface area (Å²) in [6.45, 7) is 25.2. The van der Waals surface area contributed by atoms with Crippen LogP contribution < -0.4 is 0 Å². The van der Waals surface area contributed by atoms with Gasteiger partial charge in [0.1, 0.15) is 0 Å². The Morgan fingerprint density at radius 3 is 1.18 bits per heavy atom. The first-order valence-corrected chi connectivity index (χ1v) is 24.5. The lowest BCUT2D eigenvalue weighted by atomic mass is 10.1. The van der Waals surface area contributed by atoms with E-state index in [9.17, 15) is 0 Å². The van der Waals surface area contributed by atoms with Crippen molar-refractivity contribution in [1.29, 1.82) is 0 Å². The molecule has 0 N–H and O–H groups in total. The summed E-state index contributed by atoms with van der Waals surface area (Å²) >= 11 is 0. The summed E-state index contributed by atoms with van der Waals surface area (Å²) in [4.78, 5) is 0. The van der Waals surface area contributed by atoms with Gasteiger partial charge in [0, 0.05) is 29.4 Å². The summed E-state index contributed by atoms with van der Waals surface area (Å²) in [5.74, 6) is 0. The molecule has 0 atom stereocenters. The Morgan fingerprint density at radius 1 is 0.591 bits per heavy atom.